The number of aromatic nitrogens is 2. The first kappa shape index (κ1) is 15.4. The number of nitrogens with one attached hydrogen (secondary N) is 1. The molecule has 1 aliphatic heterocycles. The fraction of sp³-hybridized carbons (Fsp3) is 0.857. The molecule has 6 nitrogen and oxygen atoms in total. The molecule has 0 aliphatic carbocycles. The Hall–Kier alpha value is -0.980. The van der Waals surface area contributed by atoms with Crippen LogP contribution in [0.15, 0.2) is 4.52 Å². The Labute approximate surface area is 120 Å². The van der Waals surface area contributed by atoms with E-state index in [-0.39, 0.29) is 6.04 Å². The van der Waals surface area contributed by atoms with Gasteiger partial charge in [0, 0.05) is 13.5 Å². The zero-order valence-electron chi connectivity index (χ0n) is 12.4. The molecule has 0 radical (unpaired) electrons. The van der Waals surface area contributed by atoms with E-state index in [0.717, 1.165) is 30.6 Å². The van der Waals surface area contributed by atoms with E-state index < -0.39 is 0 Å². The van der Waals surface area contributed by atoms with E-state index in [2.05, 4.69) is 22.4 Å². The van der Waals surface area contributed by atoms with E-state index in [1.807, 2.05) is 0 Å². The Kier molecular flexibility index (Phi) is 6.42. The van der Waals surface area contributed by atoms with E-state index in [1.165, 1.54) is 12.8 Å². The molecule has 114 valence electrons. The number of nitrogens with zero attached hydrogens (tertiary/aromatic N) is 2. The second kappa shape index (κ2) is 8.34. The van der Waals surface area contributed by atoms with Gasteiger partial charge in [-0.05, 0) is 25.3 Å². The van der Waals surface area contributed by atoms with E-state index in [0.29, 0.717) is 26.2 Å². The molecule has 2 heterocycles. The van der Waals surface area contributed by atoms with Crippen molar-refractivity contribution in [3.05, 3.63) is 11.7 Å². The molecule has 2 rings (SSSR count). The van der Waals surface area contributed by atoms with Crippen molar-refractivity contribution >= 4 is 0 Å². The van der Waals surface area contributed by atoms with Gasteiger partial charge >= 0.3 is 0 Å². The molecule has 0 aromatic carbocycles. The van der Waals surface area contributed by atoms with Gasteiger partial charge in [-0.1, -0.05) is 18.5 Å². The van der Waals surface area contributed by atoms with Gasteiger partial charge in [0.2, 0.25) is 5.89 Å². The predicted molar refractivity (Wildman–Crippen MR) is 74.5 cm³/mol. The zero-order chi connectivity index (χ0) is 14.2. The Morgan fingerprint density at radius 2 is 2.25 bits per heavy atom. The highest BCUT2D eigenvalue weighted by atomic mass is 16.5. The molecular formula is C14H25N3O3. The van der Waals surface area contributed by atoms with Gasteiger partial charge in [0.1, 0.15) is 0 Å². The van der Waals surface area contributed by atoms with Crippen LogP contribution in [0.5, 0.6) is 0 Å². The number of piperidine rings is 1. The Morgan fingerprint density at radius 1 is 1.35 bits per heavy atom. The third-order valence-electron chi connectivity index (χ3n) is 3.77. The Balaban J connectivity index is 1.76. The van der Waals surface area contributed by atoms with E-state index in [4.69, 9.17) is 14.0 Å². The summed E-state index contributed by atoms with van der Waals surface area (Å²) in [5.41, 5.74) is 0. The van der Waals surface area contributed by atoms with Crippen molar-refractivity contribution in [1.82, 2.24) is 15.5 Å². The molecule has 0 saturated carbocycles. The summed E-state index contributed by atoms with van der Waals surface area (Å²) in [6, 6.07) is 0.212. The average Bonchev–Trinajstić information content (AvgIpc) is 2.96. The largest absolute Gasteiger partial charge is 0.382 e. The SMILES string of the molecule is CCC1CCNC(c2nc(CCOCCOC)no2)C1. The number of hydrogen-bond acceptors (Lipinski definition) is 6. The van der Waals surface area contributed by atoms with Crippen molar-refractivity contribution in [2.24, 2.45) is 5.92 Å². The summed E-state index contributed by atoms with van der Waals surface area (Å²) in [5, 5.41) is 7.48. The van der Waals surface area contributed by atoms with Gasteiger partial charge in [0.05, 0.1) is 25.9 Å². The third-order valence-corrected chi connectivity index (χ3v) is 3.77. The zero-order valence-corrected chi connectivity index (χ0v) is 12.4. The Morgan fingerprint density at radius 3 is 3.05 bits per heavy atom. The van der Waals surface area contributed by atoms with Crippen LogP contribution in [0.25, 0.3) is 0 Å². The van der Waals surface area contributed by atoms with Crippen LogP contribution in [0.3, 0.4) is 0 Å². The molecule has 1 N–H and O–H groups in total. The lowest BCUT2D eigenvalue weighted by atomic mass is 9.90. The van der Waals surface area contributed by atoms with Crippen LogP contribution >= 0.6 is 0 Å². The van der Waals surface area contributed by atoms with Crippen molar-refractivity contribution in [2.45, 2.75) is 38.6 Å². The molecule has 0 bridgehead atoms. The van der Waals surface area contributed by atoms with Crippen molar-refractivity contribution < 1.29 is 14.0 Å². The molecule has 6 heteroatoms. The summed E-state index contributed by atoms with van der Waals surface area (Å²) >= 11 is 0. The first-order valence-corrected chi connectivity index (χ1v) is 7.46. The minimum Gasteiger partial charge on any atom is -0.382 e. The van der Waals surface area contributed by atoms with Gasteiger partial charge in [-0.15, -0.1) is 0 Å². The lowest BCUT2D eigenvalue weighted by Crippen LogP contribution is -2.31. The third kappa shape index (κ3) is 4.54. The van der Waals surface area contributed by atoms with Gasteiger partial charge < -0.3 is 19.3 Å². The maximum Gasteiger partial charge on any atom is 0.243 e. The van der Waals surface area contributed by atoms with Crippen LogP contribution < -0.4 is 5.32 Å². The van der Waals surface area contributed by atoms with Crippen LogP contribution in [0, 0.1) is 5.92 Å². The minimum atomic E-state index is 0.212. The smallest absolute Gasteiger partial charge is 0.243 e. The molecule has 0 spiro atoms. The topological polar surface area (TPSA) is 69.4 Å². The molecule has 1 saturated heterocycles. The molecule has 2 atom stereocenters. The average molecular weight is 283 g/mol. The molecule has 1 aromatic heterocycles. The second-order valence-electron chi connectivity index (χ2n) is 5.21. The first-order valence-electron chi connectivity index (χ1n) is 7.46. The molecule has 2 unspecified atom stereocenters. The van der Waals surface area contributed by atoms with E-state index in [9.17, 15) is 0 Å². The lowest BCUT2D eigenvalue weighted by molar-refractivity contribution is 0.0714. The quantitative estimate of drug-likeness (QED) is 0.733. The number of methoxy groups -OCH3 is 1. The maximum atomic E-state index is 5.40. The summed E-state index contributed by atoms with van der Waals surface area (Å²) in [6.07, 6.45) is 4.22. The summed E-state index contributed by atoms with van der Waals surface area (Å²) in [6.45, 7) is 5.08. The lowest BCUT2D eigenvalue weighted by Gasteiger charge is -2.27. The van der Waals surface area contributed by atoms with Gasteiger partial charge in [0.25, 0.3) is 0 Å². The number of hydrogen-bond donors (Lipinski definition) is 1. The van der Waals surface area contributed by atoms with Crippen LogP contribution in [-0.2, 0) is 15.9 Å². The standard InChI is InChI=1S/C14H25N3O3/c1-3-11-4-6-15-12(10-11)14-16-13(17-20-14)5-7-19-9-8-18-2/h11-12,15H,3-10H2,1-2H3. The summed E-state index contributed by atoms with van der Waals surface area (Å²) in [7, 11) is 1.66. The number of ether oxygens (including phenoxy) is 2. The molecular weight excluding hydrogens is 258 g/mol. The highest BCUT2D eigenvalue weighted by Gasteiger charge is 2.25. The van der Waals surface area contributed by atoms with Crippen LogP contribution in [0.1, 0.15) is 43.9 Å². The van der Waals surface area contributed by atoms with Crippen molar-refractivity contribution in [3.63, 3.8) is 0 Å². The molecule has 1 aliphatic rings. The van der Waals surface area contributed by atoms with Crippen LogP contribution in [-0.4, -0.2) is 43.6 Å². The van der Waals surface area contributed by atoms with Crippen molar-refractivity contribution in [1.29, 1.82) is 0 Å². The second-order valence-corrected chi connectivity index (χ2v) is 5.21. The minimum absolute atomic E-state index is 0.212. The molecule has 20 heavy (non-hydrogen) atoms. The van der Waals surface area contributed by atoms with Gasteiger partial charge in [-0.25, -0.2) is 0 Å². The highest BCUT2D eigenvalue weighted by molar-refractivity contribution is 4.95. The highest BCUT2D eigenvalue weighted by Crippen LogP contribution is 2.27. The predicted octanol–water partition coefficient (Wildman–Crippen LogP) is 1.73. The van der Waals surface area contributed by atoms with E-state index in [1.54, 1.807) is 7.11 Å². The van der Waals surface area contributed by atoms with Gasteiger partial charge in [0.15, 0.2) is 5.82 Å². The van der Waals surface area contributed by atoms with Gasteiger partial charge in [-0.3, -0.25) is 0 Å². The fourth-order valence-electron chi connectivity index (χ4n) is 2.47. The van der Waals surface area contributed by atoms with E-state index >= 15 is 0 Å². The molecule has 1 fully saturated rings. The fourth-order valence-corrected chi connectivity index (χ4v) is 2.47. The monoisotopic (exact) mass is 283 g/mol. The van der Waals surface area contributed by atoms with Gasteiger partial charge in [-0.2, -0.15) is 4.98 Å². The first-order chi connectivity index (χ1) is 9.83. The summed E-state index contributed by atoms with van der Waals surface area (Å²) in [4.78, 5) is 4.47. The summed E-state index contributed by atoms with van der Waals surface area (Å²) in [5.74, 6) is 2.20. The summed E-state index contributed by atoms with van der Waals surface area (Å²) < 4.78 is 15.7. The number of rotatable bonds is 8. The van der Waals surface area contributed by atoms with Crippen molar-refractivity contribution in [3.8, 4) is 0 Å². The molecule has 0 amide bonds. The van der Waals surface area contributed by atoms with Crippen molar-refractivity contribution in [2.75, 3.05) is 33.5 Å². The van der Waals surface area contributed by atoms with Crippen LogP contribution in [0.2, 0.25) is 0 Å². The van der Waals surface area contributed by atoms with Crippen LogP contribution in [0.4, 0.5) is 0 Å². The maximum absolute atomic E-state index is 5.40. The Bertz CT molecular complexity index is 383. The molecule has 1 aromatic rings. The normalized spacial score (nSPS) is 23.1.